The van der Waals surface area contributed by atoms with Gasteiger partial charge in [-0.25, -0.2) is 4.85 Å². The van der Waals surface area contributed by atoms with Crippen molar-refractivity contribution in [2.45, 2.75) is 19.8 Å². The molecule has 1 rings (SSSR count). The predicted molar refractivity (Wildman–Crippen MR) is 59.9 cm³/mol. The molecule has 0 spiro atoms. The van der Waals surface area contributed by atoms with Crippen LogP contribution in [-0.2, 0) is 0 Å². The van der Waals surface area contributed by atoms with E-state index in [1.165, 1.54) is 0 Å². The summed E-state index contributed by atoms with van der Waals surface area (Å²) < 4.78 is 0. The highest BCUT2D eigenvalue weighted by molar-refractivity contribution is 5.94. The Kier molecular flexibility index (Phi) is 4.36. The minimum atomic E-state index is -0.0695. The van der Waals surface area contributed by atoms with Crippen LogP contribution in [0, 0.1) is 6.57 Å². The molecule has 15 heavy (non-hydrogen) atoms. The van der Waals surface area contributed by atoms with E-state index in [1.54, 1.807) is 24.3 Å². The van der Waals surface area contributed by atoms with Crippen molar-refractivity contribution in [3.8, 4) is 0 Å². The number of rotatable bonds is 4. The highest BCUT2D eigenvalue weighted by atomic mass is 16.1. The molecule has 3 heteroatoms. The highest BCUT2D eigenvalue weighted by Crippen LogP contribution is 2.12. The Hall–Kier alpha value is -1.82. The normalized spacial score (nSPS) is 9.33. The van der Waals surface area contributed by atoms with Gasteiger partial charge in [0.15, 0.2) is 5.69 Å². The molecule has 3 nitrogen and oxygen atoms in total. The topological polar surface area (TPSA) is 33.5 Å². The zero-order valence-electron chi connectivity index (χ0n) is 8.79. The van der Waals surface area contributed by atoms with Gasteiger partial charge in [0.25, 0.3) is 5.91 Å². The summed E-state index contributed by atoms with van der Waals surface area (Å²) in [4.78, 5) is 14.8. The van der Waals surface area contributed by atoms with Crippen molar-refractivity contribution >= 4 is 11.6 Å². The summed E-state index contributed by atoms with van der Waals surface area (Å²) in [5.74, 6) is -0.0695. The van der Waals surface area contributed by atoms with Crippen molar-refractivity contribution in [1.82, 2.24) is 5.32 Å². The van der Waals surface area contributed by atoms with Gasteiger partial charge in [-0.05, 0) is 6.42 Å². The monoisotopic (exact) mass is 202 g/mol. The molecule has 1 N–H and O–H groups in total. The van der Waals surface area contributed by atoms with Gasteiger partial charge in [-0.3, -0.25) is 4.79 Å². The number of nitrogens with one attached hydrogen (secondary N) is 1. The van der Waals surface area contributed by atoms with Crippen molar-refractivity contribution in [2.24, 2.45) is 0 Å². The Labute approximate surface area is 89.9 Å². The van der Waals surface area contributed by atoms with E-state index in [9.17, 15) is 4.79 Å². The van der Waals surface area contributed by atoms with E-state index in [0.717, 1.165) is 12.8 Å². The summed E-state index contributed by atoms with van der Waals surface area (Å²) in [5, 5.41) is 2.82. The first-order valence-electron chi connectivity index (χ1n) is 5.03. The Morgan fingerprint density at radius 3 is 2.60 bits per heavy atom. The maximum Gasteiger partial charge on any atom is 0.251 e. The molecule has 0 aliphatic carbocycles. The quantitative estimate of drug-likeness (QED) is 0.591. The number of hydrogen-bond donors (Lipinski definition) is 1. The SMILES string of the molecule is [C-]#[N+]c1ccc(C(=O)NCCCC)cc1. The molecule has 0 heterocycles. The zero-order chi connectivity index (χ0) is 11.1. The molecule has 0 radical (unpaired) electrons. The fourth-order valence-corrected chi connectivity index (χ4v) is 1.17. The lowest BCUT2D eigenvalue weighted by Crippen LogP contribution is -2.24. The van der Waals surface area contributed by atoms with Gasteiger partial charge in [0, 0.05) is 12.1 Å². The van der Waals surface area contributed by atoms with Crippen LogP contribution in [0.25, 0.3) is 4.85 Å². The average Bonchev–Trinajstić information content (AvgIpc) is 2.29. The molecule has 0 saturated heterocycles. The first kappa shape index (κ1) is 11.3. The van der Waals surface area contributed by atoms with Crippen LogP contribution in [-0.4, -0.2) is 12.5 Å². The van der Waals surface area contributed by atoms with Crippen LogP contribution in [0.4, 0.5) is 5.69 Å². The van der Waals surface area contributed by atoms with E-state index in [1.807, 2.05) is 0 Å². The Balaban J connectivity index is 2.55. The van der Waals surface area contributed by atoms with Gasteiger partial charge >= 0.3 is 0 Å². The van der Waals surface area contributed by atoms with E-state index in [-0.39, 0.29) is 5.91 Å². The minimum absolute atomic E-state index is 0.0695. The number of benzene rings is 1. The van der Waals surface area contributed by atoms with Gasteiger partial charge in [0.1, 0.15) is 0 Å². The maximum absolute atomic E-state index is 11.5. The van der Waals surface area contributed by atoms with Gasteiger partial charge in [0.2, 0.25) is 0 Å². The molecule has 0 unspecified atom stereocenters. The van der Waals surface area contributed by atoms with E-state index in [0.29, 0.717) is 17.8 Å². The molecule has 0 aliphatic heterocycles. The molecule has 0 aromatic heterocycles. The fourth-order valence-electron chi connectivity index (χ4n) is 1.17. The summed E-state index contributed by atoms with van der Waals surface area (Å²) in [6, 6.07) is 6.66. The third kappa shape index (κ3) is 3.43. The molecule has 78 valence electrons. The highest BCUT2D eigenvalue weighted by Gasteiger charge is 2.03. The van der Waals surface area contributed by atoms with Gasteiger partial charge in [-0.15, -0.1) is 0 Å². The number of carbonyl (C=O) groups is 1. The average molecular weight is 202 g/mol. The molecule has 1 amide bonds. The van der Waals surface area contributed by atoms with Crippen molar-refractivity contribution in [1.29, 1.82) is 0 Å². The lowest BCUT2D eigenvalue weighted by atomic mass is 10.2. The number of hydrogen-bond acceptors (Lipinski definition) is 1. The second-order valence-electron chi connectivity index (χ2n) is 3.27. The van der Waals surface area contributed by atoms with Crippen LogP contribution in [0.2, 0.25) is 0 Å². The van der Waals surface area contributed by atoms with Gasteiger partial charge in [-0.1, -0.05) is 37.6 Å². The lowest BCUT2D eigenvalue weighted by molar-refractivity contribution is 0.0953. The molecule has 0 fully saturated rings. The Morgan fingerprint density at radius 2 is 2.07 bits per heavy atom. The van der Waals surface area contributed by atoms with Crippen LogP contribution in [0.5, 0.6) is 0 Å². The molecule has 0 atom stereocenters. The van der Waals surface area contributed by atoms with E-state index in [2.05, 4.69) is 17.1 Å². The zero-order valence-corrected chi connectivity index (χ0v) is 8.79. The summed E-state index contributed by atoms with van der Waals surface area (Å²) in [7, 11) is 0. The Bertz CT molecular complexity index is 362. The third-order valence-electron chi connectivity index (χ3n) is 2.07. The van der Waals surface area contributed by atoms with E-state index < -0.39 is 0 Å². The number of amides is 1. The maximum atomic E-state index is 11.5. The largest absolute Gasteiger partial charge is 0.352 e. The molecule has 0 saturated carbocycles. The lowest BCUT2D eigenvalue weighted by Gasteiger charge is -2.03. The van der Waals surface area contributed by atoms with E-state index in [4.69, 9.17) is 6.57 Å². The third-order valence-corrected chi connectivity index (χ3v) is 2.07. The van der Waals surface area contributed by atoms with E-state index >= 15 is 0 Å². The standard InChI is InChI=1S/C12H14N2O/c1-3-4-9-14-12(15)10-5-7-11(13-2)8-6-10/h5-8H,3-4,9H2,1H3,(H,14,15). The van der Waals surface area contributed by atoms with Crippen LogP contribution in [0.1, 0.15) is 30.1 Å². The van der Waals surface area contributed by atoms with Crippen molar-refractivity contribution < 1.29 is 4.79 Å². The van der Waals surface area contributed by atoms with Gasteiger partial charge in [0.05, 0.1) is 6.57 Å². The Morgan fingerprint density at radius 1 is 1.40 bits per heavy atom. The summed E-state index contributed by atoms with van der Waals surface area (Å²) in [6.07, 6.45) is 2.06. The van der Waals surface area contributed by atoms with Crippen LogP contribution < -0.4 is 5.32 Å². The molecule has 0 bridgehead atoms. The smallest absolute Gasteiger partial charge is 0.251 e. The summed E-state index contributed by atoms with van der Waals surface area (Å²) in [5.41, 5.74) is 1.17. The minimum Gasteiger partial charge on any atom is -0.352 e. The van der Waals surface area contributed by atoms with Crippen molar-refractivity contribution in [3.63, 3.8) is 0 Å². The van der Waals surface area contributed by atoms with Crippen LogP contribution in [0.3, 0.4) is 0 Å². The summed E-state index contributed by atoms with van der Waals surface area (Å²) >= 11 is 0. The molecular weight excluding hydrogens is 188 g/mol. The number of carbonyl (C=O) groups excluding carboxylic acids is 1. The van der Waals surface area contributed by atoms with Crippen molar-refractivity contribution in [2.75, 3.05) is 6.54 Å². The first-order chi connectivity index (χ1) is 7.27. The molecular formula is C12H14N2O. The molecule has 1 aromatic carbocycles. The van der Waals surface area contributed by atoms with Crippen molar-refractivity contribution in [3.05, 3.63) is 41.2 Å². The number of unbranched alkanes of at least 4 members (excludes halogenated alkanes) is 1. The second-order valence-corrected chi connectivity index (χ2v) is 3.27. The first-order valence-corrected chi connectivity index (χ1v) is 5.03. The fraction of sp³-hybridized carbons (Fsp3) is 0.333. The molecule has 1 aromatic rings. The number of nitrogens with zero attached hydrogens (tertiary/aromatic N) is 1. The molecule has 0 aliphatic rings. The summed E-state index contributed by atoms with van der Waals surface area (Å²) in [6.45, 7) is 9.57. The van der Waals surface area contributed by atoms with Gasteiger partial charge in [-0.2, -0.15) is 0 Å². The predicted octanol–water partition coefficient (Wildman–Crippen LogP) is 2.77. The van der Waals surface area contributed by atoms with Crippen LogP contribution >= 0.6 is 0 Å². The second kappa shape index (κ2) is 5.82. The van der Waals surface area contributed by atoms with Crippen LogP contribution in [0.15, 0.2) is 24.3 Å². The van der Waals surface area contributed by atoms with Gasteiger partial charge < -0.3 is 5.32 Å².